The maximum absolute atomic E-state index is 12.2. The normalized spacial score (nSPS) is 19.3. The smallest absolute Gasteiger partial charge is 0.247 e. The monoisotopic (exact) mass is 312 g/mol. The van der Waals surface area contributed by atoms with E-state index in [2.05, 4.69) is 25.9 Å². The van der Waals surface area contributed by atoms with Crippen LogP contribution in [0, 0.1) is 6.92 Å². The summed E-state index contributed by atoms with van der Waals surface area (Å²) in [5.74, 6) is 1.60. The number of carbonyl (C=O) groups is 1. The van der Waals surface area contributed by atoms with Gasteiger partial charge in [0, 0.05) is 26.2 Å². The molecule has 0 aliphatic carbocycles. The van der Waals surface area contributed by atoms with Gasteiger partial charge >= 0.3 is 0 Å². The van der Waals surface area contributed by atoms with Gasteiger partial charge in [-0.05, 0) is 36.7 Å². The lowest BCUT2D eigenvalue weighted by Gasteiger charge is -2.45. The Bertz CT molecular complexity index is 469. The van der Waals surface area contributed by atoms with Crippen molar-refractivity contribution in [3.8, 4) is 0 Å². The topological polar surface area (TPSA) is 49.3 Å². The second kappa shape index (κ2) is 4.50. The number of nitrogens with zero attached hydrogens (tertiary/aromatic N) is 4. The summed E-state index contributed by atoms with van der Waals surface area (Å²) in [7, 11) is 1.84. The number of carbonyl (C=O) groups excluding carboxylic acids is 1. The van der Waals surface area contributed by atoms with Crippen molar-refractivity contribution in [3.63, 3.8) is 0 Å². The number of likely N-dealkylation sites (N-methyl/N-ethyl adjacent to an activating group) is 1. The number of rotatable bonds is 1. The fourth-order valence-electron chi connectivity index (χ4n) is 2.27. The summed E-state index contributed by atoms with van der Waals surface area (Å²) < 4.78 is 0.743. The van der Waals surface area contributed by atoms with E-state index in [1.807, 2.05) is 38.8 Å². The van der Waals surface area contributed by atoms with Gasteiger partial charge in [0.1, 0.15) is 21.8 Å². The largest absolute Gasteiger partial charge is 0.342 e. The van der Waals surface area contributed by atoms with Gasteiger partial charge in [-0.2, -0.15) is 0 Å². The standard InChI is InChI=1S/C12H17BrN4O/c1-8-14-9(13)7-10(15-8)17-6-5-16(4)11(18)12(17,2)3/h7H,5-6H2,1-4H3. The third kappa shape index (κ3) is 2.21. The molecule has 1 aliphatic rings. The van der Waals surface area contributed by atoms with Gasteiger partial charge in [0.25, 0.3) is 0 Å². The number of piperazine rings is 1. The molecule has 0 bridgehead atoms. The van der Waals surface area contributed by atoms with E-state index in [1.165, 1.54) is 0 Å². The van der Waals surface area contributed by atoms with Crippen LogP contribution in [-0.2, 0) is 4.79 Å². The molecule has 0 radical (unpaired) electrons. The van der Waals surface area contributed by atoms with Crippen LogP contribution in [0.1, 0.15) is 19.7 Å². The Balaban J connectivity index is 2.41. The van der Waals surface area contributed by atoms with E-state index in [0.717, 1.165) is 17.0 Å². The van der Waals surface area contributed by atoms with Crippen LogP contribution in [0.15, 0.2) is 10.7 Å². The SMILES string of the molecule is Cc1nc(Br)cc(N2CCN(C)C(=O)C2(C)C)n1. The van der Waals surface area contributed by atoms with Crippen molar-refractivity contribution in [1.29, 1.82) is 0 Å². The molecule has 5 nitrogen and oxygen atoms in total. The predicted octanol–water partition coefficient (Wildman–Crippen LogP) is 1.60. The van der Waals surface area contributed by atoms with Crippen LogP contribution in [0.25, 0.3) is 0 Å². The summed E-state index contributed by atoms with van der Waals surface area (Å²) in [5, 5.41) is 0. The lowest BCUT2D eigenvalue weighted by Crippen LogP contribution is -2.62. The highest BCUT2D eigenvalue weighted by Crippen LogP contribution is 2.28. The number of amides is 1. The average Bonchev–Trinajstić information content (AvgIpc) is 2.24. The molecule has 1 aromatic rings. The van der Waals surface area contributed by atoms with E-state index in [1.54, 1.807) is 4.90 Å². The second-order valence-electron chi connectivity index (χ2n) is 5.03. The zero-order chi connectivity index (χ0) is 13.5. The van der Waals surface area contributed by atoms with Crippen LogP contribution < -0.4 is 4.90 Å². The first-order valence-electron chi connectivity index (χ1n) is 5.87. The molecule has 1 amide bonds. The Morgan fingerprint density at radius 3 is 2.61 bits per heavy atom. The average molecular weight is 313 g/mol. The number of hydrogen-bond acceptors (Lipinski definition) is 4. The Morgan fingerprint density at radius 2 is 2.00 bits per heavy atom. The van der Waals surface area contributed by atoms with Crippen molar-refractivity contribution in [3.05, 3.63) is 16.5 Å². The highest BCUT2D eigenvalue weighted by molar-refractivity contribution is 9.10. The maximum Gasteiger partial charge on any atom is 0.247 e. The van der Waals surface area contributed by atoms with Gasteiger partial charge in [-0.1, -0.05) is 0 Å². The Kier molecular flexibility index (Phi) is 3.31. The minimum Gasteiger partial charge on any atom is -0.342 e. The van der Waals surface area contributed by atoms with Crippen molar-refractivity contribution in [2.45, 2.75) is 26.3 Å². The number of anilines is 1. The first kappa shape index (κ1) is 13.3. The Morgan fingerprint density at radius 1 is 1.33 bits per heavy atom. The van der Waals surface area contributed by atoms with Crippen molar-refractivity contribution in [2.75, 3.05) is 25.0 Å². The first-order chi connectivity index (χ1) is 8.32. The van der Waals surface area contributed by atoms with Gasteiger partial charge in [-0.25, -0.2) is 9.97 Å². The third-order valence-electron chi connectivity index (χ3n) is 3.27. The van der Waals surface area contributed by atoms with Crippen LogP contribution in [-0.4, -0.2) is 46.5 Å². The molecule has 98 valence electrons. The second-order valence-corrected chi connectivity index (χ2v) is 5.85. The van der Waals surface area contributed by atoms with Crippen LogP contribution in [0.3, 0.4) is 0 Å². The van der Waals surface area contributed by atoms with Crippen LogP contribution in [0.4, 0.5) is 5.82 Å². The number of aromatic nitrogens is 2. The minimum absolute atomic E-state index is 0.112. The number of hydrogen-bond donors (Lipinski definition) is 0. The molecule has 0 saturated carbocycles. The molecule has 0 spiro atoms. The Hall–Kier alpha value is -1.17. The molecule has 6 heteroatoms. The highest BCUT2D eigenvalue weighted by Gasteiger charge is 2.41. The first-order valence-corrected chi connectivity index (χ1v) is 6.66. The highest BCUT2D eigenvalue weighted by atomic mass is 79.9. The van der Waals surface area contributed by atoms with Gasteiger partial charge < -0.3 is 9.80 Å². The van der Waals surface area contributed by atoms with E-state index in [9.17, 15) is 4.79 Å². The predicted molar refractivity (Wildman–Crippen MR) is 73.5 cm³/mol. The molecular formula is C12H17BrN4O. The summed E-state index contributed by atoms with van der Waals surface area (Å²) >= 11 is 3.37. The molecule has 0 N–H and O–H groups in total. The molecule has 1 saturated heterocycles. The summed E-state index contributed by atoms with van der Waals surface area (Å²) in [5.41, 5.74) is -0.576. The molecule has 1 fully saturated rings. The summed E-state index contributed by atoms with van der Waals surface area (Å²) in [4.78, 5) is 24.7. The molecule has 0 aromatic carbocycles. The van der Waals surface area contributed by atoms with Crippen LogP contribution in [0.5, 0.6) is 0 Å². The van der Waals surface area contributed by atoms with E-state index < -0.39 is 5.54 Å². The number of halogens is 1. The van der Waals surface area contributed by atoms with Gasteiger partial charge in [-0.15, -0.1) is 0 Å². The molecular weight excluding hydrogens is 296 g/mol. The van der Waals surface area contributed by atoms with E-state index in [0.29, 0.717) is 12.4 Å². The van der Waals surface area contributed by atoms with Gasteiger partial charge in [0.2, 0.25) is 5.91 Å². The summed E-state index contributed by atoms with van der Waals surface area (Å²) in [6, 6.07) is 1.85. The van der Waals surface area contributed by atoms with Crippen molar-refractivity contribution in [2.24, 2.45) is 0 Å². The maximum atomic E-state index is 12.2. The van der Waals surface area contributed by atoms with E-state index >= 15 is 0 Å². The van der Waals surface area contributed by atoms with Gasteiger partial charge in [0.15, 0.2) is 0 Å². The van der Waals surface area contributed by atoms with Crippen LogP contribution >= 0.6 is 15.9 Å². The van der Waals surface area contributed by atoms with Crippen molar-refractivity contribution in [1.82, 2.24) is 14.9 Å². The van der Waals surface area contributed by atoms with Crippen molar-refractivity contribution >= 4 is 27.7 Å². The minimum atomic E-state index is -0.576. The summed E-state index contributed by atoms with van der Waals surface area (Å²) in [6.45, 7) is 7.19. The fourth-order valence-corrected chi connectivity index (χ4v) is 2.73. The molecule has 1 aromatic heterocycles. The zero-order valence-electron chi connectivity index (χ0n) is 11.1. The molecule has 2 rings (SSSR count). The molecule has 2 heterocycles. The number of aryl methyl sites for hydroxylation is 1. The molecule has 18 heavy (non-hydrogen) atoms. The lowest BCUT2D eigenvalue weighted by atomic mass is 9.98. The van der Waals surface area contributed by atoms with Crippen LogP contribution in [0.2, 0.25) is 0 Å². The summed E-state index contributed by atoms with van der Waals surface area (Å²) in [6.07, 6.45) is 0. The molecule has 0 atom stereocenters. The molecule has 0 unspecified atom stereocenters. The third-order valence-corrected chi connectivity index (χ3v) is 3.68. The Labute approximate surface area is 115 Å². The zero-order valence-corrected chi connectivity index (χ0v) is 12.7. The van der Waals surface area contributed by atoms with Gasteiger partial charge in [-0.3, -0.25) is 4.79 Å². The van der Waals surface area contributed by atoms with E-state index in [-0.39, 0.29) is 5.91 Å². The molecule has 1 aliphatic heterocycles. The van der Waals surface area contributed by atoms with Crippen molar-refractivity contribution < 1.29 is 4.79 Å². The fraction of sp³-hybridized carbons (Fsp3) is 0.583. The van der Waals surface area contributed by atoms with E-state index in [4.69, 9.17) is 0 Å². The quantitative estimate of drug-likeness (QED) is 0.739. The van der Waals surface area contributed by atoms with Gasteiger partial charge in [0.05, 0.1) is 0 Å². The lowest BCUT2D eigenvalue weighted by molar-refractivity contribution is -0.136.